The summed E-state index contributed by atoms with van der Waals surface area (Å²) >= 11 is 0. The summed E-state index contributed by atoms with van der Waals surface area (Å²) in [6.07, 6.45) is -1.92. The summed E-state index contributed by atoms with van der Waals surface area (Å²) in [5.74, 6) is -5.09. The fourth-order valence-corrected chi connectivity index (χ4v) is 1.61. The van der Waals surface area contributed by atoms with Gasteiger partial charge in [0.25, 0.3) is 5.92 Å². The van der Waals surface area contributed by atoms with Gasteiger partial charge in [-0.3, -0.25) is 0 Å². The average Bonchev–Trinajstić information content (AvgIpc) is 2.34. The zero-order chi connectivity index (χ0) is 14.8. The van der Waals surface area contributed by atoms with Crippen molar-refractivity contribution in [2.45, 2.75) is 19.0 Å². The molecule has 19 heavy (non-hydrogen) atoms. The van der Waals surface area contributed by atoms with Gasteiger partial charge < -0.3 is 19.7 Å². The molecule has 0 fully saturated rings. The molecule has 1 unspecified atom stereocenters. The molecule has 1 atom stereocenters. The van der Waals surface area contributed by atoms with Crippen LogP contribution in [0.15, 0.2) is 12.1 Å². The average molecular weight is 276 g/mol. The quantitative estimate of drug-likeness (QED) is 0.859. The fourth-order valence-electron chi connectivity index (χ4n) is 1.61. The molecule has 1 aromatic rings. The van der Waals surface area contributed by atoms with Crippen LogP contribution in [0.4, 0.5) is 8.78 Å². The molecule has 106 valence electrons. The highest BCUT2D eigenvalue weighted by molar-refractivity contribution is 5.74. The number of halogens is 2. The second-order valence-corrected chi connectivity index (χ2v) is 3.93. The number of carboxylic acid groups (broad SMARTS) is 1. The Hall–Kier alpha value is -1.89. The lowest BCUT2D eigenvalue weighted by Gasteiger charge is -2.19. The Kier molecular flexibility index (Phi) is 4.31. The van der Waals surface area contributed by atoms with E-state index in [-0.39, 0.29) is 17.1 Å². The van der Waals surface area contributed by atoms with Crippen LogP contribution in [0.1, 0.15) is 24.2 Å². The lowest BCUT2D eigenvalue weighted by atomic mass is 10.0. The highest BCUT2D eigenvalue weighted by Crippen LogP contribution is 2.42. The third kappa shape index (κ3) is 3.11. The van der Waals surface area contributed by atoms with Crippen LogP contribution in [-0.2, 0) is 10.7 Å². The molecule has 0 aliphatic rings. The van der Waals surface area contributed by atoms with E-state index in [1.807, 2.05) is 0 Å². The SMILES string of the molecule is COc1cc(C(O)C(=O)O)cc(C(C)(F)F)c1OC. The topological polar surface area (TPSA) is 76.0 Å². The number of aliphatic hydroxyl groups is 1. The van der Waals surface area contributed by atoms with Gasteiger partial charge in [0.1, 0.15) is 0 Å². The first-order chi connectivity index (χ1) is 8.72. The van der Waals surface area contributed by atoms with Gasteiger partial charge in [-0.15, -0.1) is 0 Å². The van der Waals surface area contributed by atoms with Gasteiger partial charge in [-0.1, -0.05) is 0 Å². The number of aliphatic hydroxyl groups excluding tert-OH is 1. The Bertz CT molecular complexity index is 482. The van der Waals surface area contributed by atoms with Crippen LogP contribution >= 0.6 is 0 Å². The second kappa shape index (κ2) is 5.40. The summed E-state index contributed by atoms with van der Waals surface area (Å²) in [5, 5.41) is 18.1. The summed E-state index contributed by atoms with van der Waals surface area (Å²) in [7, 11) is 2.42. The molecule has 0 bridgehead atoms. The first-order valence-corrected chi connectivity index (χ1v) is 5.27. The van der Waals surface area contributed by atoms with E-state index < -0.39 is 23.6 Å². The molecular formula is C12H14F2O5. The largest absolute Gasteiger partial charge is 0.493 e. The molecule has 0 aliphatic heterocycles. The number of benzene rings is 1. The molecule has 0 spiro atoms. The van der Waals surface area contributed by atoms with Crippen molar-refractivity contribution in [2.75, 3.05) is 14.2 Å². The molecule has 0 saturated carbocycles. The van der Waals surface area contributed by atoms with Crippen molar-refractivity contribution >= 4 is 5.97 Å². The van der Waals surface area contributed by atoms with E-state index in [0.29, 0.717) is 6.92 Å². The second-order valence-electron chi connectivity index (χ2n) is 3.93. The molecule has 1 rings (SSSR count). The van der Waals surface area contributed by atoms with Gasteiger partial charge in [0, 0.05) is 6.92 Å². The van der Waals surface area contributed by atoms with Gasteiger partial charge in [-0.25, -0.2) is 13.6 Å². The number of rotatable bonds is 5. The number of ether oxygens (including phenoxy) is 2. The summed E-state index contributed by atoms with van der Waals surface area (Å²) in [6, 6.07) is 2.03. The van der Waals surface area contributed by atoms with E-state index >= 15 is 0 Å². The van der Waals surface area contributed by atoms with Crippen LogP contribution in [0.3, 0.4) is 0 Å². The van der Waals surface area contributed by atoms with Crippen molar-refractivity contribution < 1.29 is 33.3 Å². The standard InChI is InChI=1S/C12H14F2O5/c1-12(13,14)7-4-6(9(15)11(16)17)5-8(18-2)10(7)19-3/h4-5,9,15H,1-3H3,(H,16,17). The number of alkyl halides is 2. The maximum absolute atomic E-state index is 13.5. The number of carboxylic acids is 1. The van der Waals surface area contributed by atoms with E-state index in [9.17, 15) is 18.7 Å². The van der Waals surface area contributed by atoms with E-state index in [4.69, 9.17) is 14.6 Å². The van der Waals surface area contributed by atoms with Crippen molar-refractivity contribution in [3.63, 3.8) is 0 Å². The van der Waals surface area contributed by atoms with Crippen LogP contribution < -0.4 is 9.47 Å². The smallest absolute Gasteiger partial charge is 0.337 e. The predicted octanol–water partition coefficient (Wildman–Crippen LogP) is 1.93. The predicted molar refractivity (Wildman–Crippen MR) is 61.7 cm³/mol. The molecule has 2 N–H and O–H groups in total. The maximum atomic E-state index is 13.5. The van der Waals surface area contributed by atoms with Crippen LogP contribution in [0.2, 0.25) is 0 Å². The van der Waals surface area contributed by atoms with Crippen molar-refractivity contribution in [3.05, 3.63) is 23.3 Å². The van der Waals surface area contributed by atoms with E-state index in [0.717, 1.165) is 12.1 Å². The first kappa shape index (κ1) is 15.2. The van der Waals surface area contributed by atoms with Crippen LogP contribution in [0.25, 0.3) is 0 Å². The lowest BCUT2D eigenvalue weighted by Crippen LogP contribution is -2.15. The van der Waals surface area contributed by atoms with E-state index in [1.54, 1.807) is 0 Å². The summed E-state index contributed by atoms with van der Waals surface area (Å²) in [4.78, 5) is 10.7. The van der Waals surface area contributed by atoms with E-state index in [2.05, 4.69) is 0 Å². The highest BCUT2D eigenvalue weighted by Gasteiger charge is 2.32. The van der Waals surface area contributed by atoms with Gasteiger partial charge in [0.15, 0.2) is 17.6 Å². The zero-order valence-electron chi connectivity index (χ0n) is 10.6. The van der Waals surface area contributed by atoms with Crippen LogP contribution in [0.5, 0.6) is 11.5 Å². The maximum Gasteiger partial charge on any atom is 0.337 e. The Morgan fingerprint density at radius 1 is 1.32 bits per heavy atom. The molecule has 0 amide bonds. The molecule has 5 nitrogen and oxygen atoms in total. The van der Waals surface area contributed by atoms with Gasteiger partial charge in [-0.05, 0) is 17.7 Å². The molecule has 0 heterocycles. The molecule has 0 aromatic heterocycles. The summed E-state index contributed by atoms with van der Waals surface area (Å²) in [6.45, 7) is 0.640. The van der Waals surface area contributed by atoms with Crippen molar-refractivity contribution in [1.82, 2.24) is 0 Å². The first-order valence-electron chi connectivity index (χ1n) is 5.27. The Labute approximate surface area is 108 Å². The number of hydrogen-bond acceptors (Lipinski definition) is 4. The normalized spacial score (nSPS) is 12.9. The van der Waals surface area contributed by atoms with E-state index in [1.165, 1.54) is 14.2 Å². The van der Waals surface area contributed by atoms with Crippen LogP contribution in [-0.4, -0.2) is 30.4 Å². The molecule has 0 saturated heterocycles. The van der Waals surface area contributed by atoms with Gasteiger partial charge in [0.2, 0.25) is 0 Å². The Morgan fingerprint density at radius 2 is 1.89 bits per heavy atom. The fraction of sp³-hybridized carbons (Fsp3) is 0.417. The molecule has 0 aliphatic carbocycles. The van der Waals surface area contributed by atoms with Gasteiger partial charge in [-0.2, -0.15) is 0 Å². The monoisotopic (exact) mass is 276 g/mol. The minimum absolute atomic E-state index is 0.0724. The molecule has 0 radical (unpaired) electrons. The van der Waals surface area contributed by atoms with Crippen molar-refractivity contribution in [2.24, 2.45) is 0 Å². The number of hydrogen-bond donors (Lipinski definition) is 2. The lowest BCUT2D eigenvalue weighted by molar-refractivity contribution is -0.147. The van der Waals surface area contributed by atoms with Gasteiger partial charge in [0.05, 0.1) is 19.8 Å². The molecule has 7 heteroatoms. The minimum Gasteiger partial charge on any atom is -0.493 e. The van der Waals surface area contributed by atoms with Crippen molar-refractivity contribution in [3.8, 4) is 11.5 Å². The number of carbonyl (C=O) groups is 1. The third-order valence-corrected chi connectivity index (χ3v) is 2.52. The summed E-state index contributed by atoms with van der Waals surface area (Å²) in [5.41, 5.74) is -0.758. The highest BCUT2D eigenvalue weighted by atomic mass is 19.3. The number of methoxy groups -OCH3 is 2. The van der Waals surface area contributed by atoms with Gasteiger partial charge >= 0.3 is 5.97 Å². The summed E-state index contributed by atoms with van der Waals surface area (Å²) < 4.78 is 36.7. The number of aliphatic carboxylic acids is 1. The molecule has 1 aromatic carbocycles. The minimum atomic E-state index is -3.27. The van der Waals surface area contributed by atoms with Crippen LogP contribution in [0, 0.1) is 0 Å². The van der Waals surface area contributed by atoms with Crippen molar-refractivity contribution in [1.29, 1.82) is 0 Å². The third-order valence-electron chi connectivity index (χ3n) is 2.52. The molecular weight excluding hydrogens is 262 g/mol. The Morgan fingerprint density at radius 3 is 2.26 bits per heavy atom. The zero-order valence-corrected chi connectivity index (χ0v) is 10.6. The Balaban J connectivity index is 3.51.